The molecule has 0 fully saturated rings. The number of rotatable bonds is 8. The molecule has 1 rings (SSSR count). The van der Waals surface area contributed by atoms with E-state index in [1.807, 2.05) is 13.0 Å². The Balaban J connectivity index is 2.35. The highest BCUT2D eigenvalue weighted by Gasteiger charge is 2.13. The van der Waals surface area contributed by atoms with Crippen LogP contribution in [0.4, 0.5) is 4.39 Å². The van der Waals surface area contributed by atoms with Gasteiger partial charge in [0.1, 0.15) is 5.82 Å². The minimum atomic E-state index is -0.865. The second kappa shape index (κ2) is 8.39. The first kappa shape index (κ1) is 17.1. The first-order chi connectivity index (χ1) is 9.86. The molecule has 2 unspecified atom stereocenters. The summed E-state index contributed by atoms with van der Waals surface area (Å²) in [5.41, 5.74) is 0.870. The summed E-state index contributed by atoms with van der Waals surface area (Å²) in [6.45, 7) is 3.73. The monoisotopic (exact) mass is 295 g/mol. The minimum Gasteiger partial charge on any atom is -0.481 e. The van der Waals surface area contributed by atoms with Gasteiger partial charge in [0.2, 0.25) is 5.91 Å². The maximum absolute atomic E-state index is 13.1. The molecule has 0 saturated heterocycles. The molecule has 0 bridgehead atoms. The number of carboxylic acid groups (broad SMARTS) is 1. The van der Waals surface area contributed by atoms with Crippen molar-refractivity contribution < 1.29 is 19.1 Å². The highest BCUT2D eigenvalue weighted by Crippen LogP contribution is 2.13. The molecule has 0 heterocycles. The van der Waals surface area contributed by atoms with E-state index in [9.17, 15) is 14.0 Å². The number of carboxylic acids is 1. The molecule has 1 amide bonds. The Kier molecular flexibility index (Phi) is 6.85. The molecule has 0 radical (unpaired) electrons. The zero-order valence-corrected chi connectivity index (χ0v) is 12.4. The largest absolute Gasteiger partial charge is 0.481 e. The smallest absolute Gasteiger partial charge is 0.303 e. The summed E-state index contributed by atoms with van der Waals surface area (Å²) >= 11 is 0. The maximum Gasteiger partial charge on any atom is 0.303 e. The van der Waals surface area contributed by atoms with Crippen LogP contribution in [0.5, 0.6) is 0 Å². The van der Waals surface area contributed by atoms with Crippen molar-refractivity contribution in [1.29, 1.82) is 0 Å². The van der Waals surface area contributed by atoms with Crippen LogP contribution < -0.4 is 5.32 Å². The van der Waals surface area contributed by atoms with E-state index in [2.05, 4.69) is 5.32 Å². The van der Waals surface area contributed by atoms with E-state index >= 15 is 0 Å². The Morgan fingerprint density at radius 1 is 1.33 bits per heavy atom. The zero-order chi connectivity index (χ0) is 15.8. The van der Waals surface area contributed by atoms with Gasteiger partial charge in [0.15, 0.2) is 0 Å². The highest BCUT2D eigenvalue weighted by atomic mass is 19.1. The van der Waals surface area contributed by atoms with Crippen molar-refractivity contribution >= 4 is 11.9 Å². The molecule has 116 valence electrons. The molecule has 21 heavy (non-hydrogen) atoms. The van der Waals surface area contributed by atoms with Crippen molar-refractivity contribution in [2.45, 2.75) is 45.6 Å². The van der Waals surface area contributed by atoms with Crippen molar-refractivity contribution in [2.75, 3.05) is 0 Å². The minimum absolute atomic E-state index is 0.0420. The van der Waals surface area contributed by atoms with Crippen LogP contribution in [-0.4, -0.2) is 23.0 Å². The van der Waals surface area contributed by atoms with Crippen molar-refractivity contribution in [3.05, 3.63) is 35.6 Å². The van der Waals surface area contributed by atoms with Crippen LogP contribution in [0.3, 0.4) is 0 Å². The molecule has 0 aliphatic carbocycles. The summed E-state index contributed by atoms with van der Waals surface area (Å²) in [6.07, 6.45) is 1.43. The van der Waals surface area contributed by atoms with Crippen LogP contribution in [0.1, 0.15) is 38.7 Å². The second-order valence-electron chi connectivity index (χ2n) is 5.54. The van der Waals surface area contributed by atoms with Gasteiger partial charge in [0.25, 0.3) is 0 Å². The Hall–Kier alpha value is -1.91. The van der Waals surface area contributed by atoms with E-state index in [4.69, 9.17) is 5.11 Å². The molecule has 1 aromatic carbocycles. The van der Waals surface area contributed by atoms with E-state index in [0.717, 1.165) is 5.56 Å². The Bertz CT molecular complexity index is 490. The molecule has 0 aromatic heterocycles. The number of carbonyl (C=O) groups excluding carboxylic acids is 1. The Labute approximate surface area is 124 Å². The molecular weight excluding hydrogens is 273 g/mol. The fraction of sp³-hybridized carbons (Fsp3) is 0.500. The van der Waals surface area contributed by atoms with Gasteiger partial charge < -0.3 is 10.4 Å². The average molecular weight is 295 g/mol. The number of hydrogen-bond donors (Lipinski definition) is 2. The predicted octanol–water partition coefficient (Wildman–Crippen LogP) is 2.76. The number of carbonyl (C=O) groups is 2. The first-order valence-electron chi connectivity index (χ1n) is 7.12. The molecule has 4 nitrogen and oxygen atoms in total. The van der Waals surface area contributed by atoms with Crippen molar-refractivity contribution in [3.8, 4) is 0 Å². The van der Waals surface area contributed by atoms with E-state index in [1.165, 1.54) is 12.1 Å². The summed E-state index contributed by atoms with van der Waals surface area (Å²) in [5.74, 6) is -1.14. The topological polar surface area (TPSA) is 66.4 Å². The molecular formula is C16H22FNO3. The van der Waals surface area contributed by atoms with E-state index in [0.29, 0.717) is 19.3 Å². The van der Waals surface area contributed by atoms with E-state index < -0.39 is 5.97 Å². The Morgan fingerprint density at radius 3 is 2.67 bits per heavy atom. The SMILES string of the molecule is CC(CC(=O)NC(C)CCC(=O)O)Cc1cccc(F)c1. The van der Waals surface area contributed by atoms with Gasteiger partial charge >= 0.3 is 5.97 Å². The molecule has 0 saturated carbocycles. The van der Waals surface area contributed by atoms with Gasteiger partial charge in [-0.3, -0.25) is 9.59 Å². The third kappa shape index (κ3) is 7.44. The van der Waals surface area contributed by atoms with Crippen LogP contribution in [0.25, 0.3) is 0 Å². The lowest BCUT2D eigenvalue weighted by molar-refractivity contribution is -0.137. The normalized spacial score (nSPS) is 13.5. The summed E-state index contributed by atoms with van der Waals surface area (Å²) in [5, 5.41) is 11.4. The average Bonchev–Trinajstić information content (AvgIpc) is 2.35. The lowest BCUT2D eigenvalue weighted by atomic mass is 9.97. The van der Waals surface area contributed by atoms with Crippen molar-refractivity contribution in [3.63, 3.8) is 0 Å². The third-order valence-corrected chi connectivity index (χ3v) is 3.21. The van der Waals surface area contributed by atoms with Crippen molar-refractivity contribution in [1.82, 2.24) is 5.32 Å². The van der Waals surface area contributed by atoms with Gasteiger partial charge in [-0.25, -0.2) is 4.39 Å². The summed E-state index contributed by atoms with van der Waals surface area (Å²) in [4.78, 5) is 22.3. The number of amides is 1. The van der Waals surface area contributed by atoms with Crippen LogP contribution >= 0.6 is 0 Å². The maximum atomic E-state index is 13.1. The summed E-state index contributed by atoms with van der Waals surface area (Å²) in [7, 11) is 0. The lowest BCUT2D eigenvalue weighted by Crippen LogP contribution is -2.34. The van der Waals surface area contributed by atoms with Gasteiger partial charge in [0, 0.05) is 18.9 Å². The zero-order valence-electron chi connectivity index (χ0n) is 12.4. The quantitative estimate of drug-likeness (QED) is 0.775. The Morgan fingerprint density at radius 2 is 2.05 bits per heavy atom. The number of benzene rings is 1. The predicted molar refractivity (Wildman–Crippen MR) is 78.4 cm³/mol. The summed E-state index contributed by atoms with van der Waals surface area (Å²) < 4.78 is 13.1. The van der Waals surface area contributed by atoms with Gasteiger partial charge in [-0.15, -0.1) is 0 Å². The molecule has 0 aliphatic heterocycles. The van der Waals surface area contributed by atoms with E-state index in [-0.39, 0.29) is 30.1 Å². The number of nitrogens with one attached hydrogen (secondary N) is 1. The summed E-state index contributed by atoms with van der Waals surface area (Å²) in [6, 6.07) is 6.21. The number of hydrogen-bond acceptors (Lipinski definition) is 2. The fourth-order valence-corrected chi connectivity index (χ4v) is 2.20. The molecule has 1 aromatic rings. The van der Waals surface area contributed by atoms with Crippen LogP contribution in [0, 0.1) is 11.7 Å². The van der Waals surface area contributed by atoms with Crippen LogP contribution in [-0.2, 0) is 16.0 Å². The molecule has 5 heteroatoms. The van der Waals surface area contributed by atoms with E-state index in [1.54, 1.807) is 13.0 Å². The highest BCUT2D eigenvalue weighted by molar-refractivity contribution is 5.76. The second-order valence-corrected chi connectivity index (χ2v) is 5.54. The molecule has 2 N–H and O–H groups in total. The van der Waals surface area contributed by atoms with Gasteiger partial charge in [-0.05, 0) is 43.4 Å². The van der Waals surface area contributed by atoms with Gasteiger partial charge in [0.05, 0.1) is 0 Å². The molecule has 0 aliphatic rings. The third-order valence-electron chi connectivity index (χ3n) is 3.21. The lowest BCUT2D eigenvalue weighted by Gasteiger charge is -2.15. The molecule has 0 spiro atoms. The number of aliphatic carboxylic acids is 1. The van der Waals surface area contributed by atoms with Crippen LogP contribution in [0.15, 0.2) is 24.3 Å². The number of halogens is 1. The van der Waals surface area contributed by atoms with Crippen LogP contribution in [0.2, 0.25) is 0 Å². The fourth-order valence-electron chi connectivity index (χ4n) is 2.20. The van der Waals surface area contributed by atoms with Crippen molar-refractivity contribution in [2.24, 2.45) is 5.92 Å². The van der Waals surface area contributed by atoms with Gasteiger partial charge in [-0.2, -0.15) is 0 Å². The molecule has 2 atom stereocenters. The van der Waals surface area contributed by atoms with Gasteiger partial charge in [-0.1, -0.05) is 19.1 Å². The first-order valence-corrected chi connectivity index (χ1v) is 7.12. The standard InChI is InChI=1S/C16H22FNO3/c1-11(8-13-4-3-5-14(17)10-13)9-15(19)18-12(2)6-7-16(20)21/h3-5,10-12H,6-9H2,1-2H3,(H,18,19)(H,20,21).